The van der Waals surface area contributed by atoms with E-state index in [-0.39, 0.29) is 5.92 Å². The van der Waals surface area contributed by atoms with E-state index < -0.39 is 6.10 Å². The second kappa shape index (κ2) is 5.99. The summed E-state index contributed by atoms with van der Waals surface area (Å²) >= 11 is 1.35. The maximum atomic E-state index is 9.92. The number of nitrogens with zero attached hydrogens (tertiary/aromatic N) is 2. The molecule has 0 radical (unpaired) electrons. The number of nitrogens with one attached hydrogen (secondary N) is 1. The molecule has 0 saturated carbocycles. The van der Waals surface area contributed by atoms with Crippen LogP contribution in [0.15, 0.2) is 24.3 Å². The maximum Gasteiger partial charge on any atom is 0.210 e. The topological polar surface area (TPSA) is 67.3 Å². The van der Waals surface area contributed by atoms with E-state index in [2.05, 4.69) is 15.5 Å². The van der Waals surface area contributed by atoms with Crippen LogP contribution in [0.1, 0.15) is 25.0 Å². The summed E-state index contributed by atoms with van der Waals surface area (Å²) < 4.78 is 5.15. The van der Waals surface area contributed by atoms with Gasteiger partial charge < -0.3 is 15.2 Å². The zero-order valence-corrected chi connectivity index (χ0v) is 11.9. The first-order valence-electron chi connectivity index (χ1n) is 6.02. The van der Waals surface area contributed by atoms with Gasteiger partial charge in [0, 0.05) is 11.8 Å². The van der Waals surface area contributed by atoms with Crippen molar-refractivity contribution in [3.63, 3.8) is 0 Å². The van der Waals surface area contributed by atoms with Gasteiger partial charge in [0.25, 0.3) is 0 Å². The molecule has 5 nitrogen and oxygen atoms in total. The van der Waals surface area contributed by atoms with Crippen molar-refractivity contribution < 1.29 is 9.84 Å². The van der Waals surface area contributed by atoms with E-state index in [0.29, 0.717) is 10.1 Å². The van der Waals surface area contributed by atoms with Crippen LogP contribution < -0.4 is 10.1 Å². The van der Waals surface area contributed by atoms with Crippen LogP contribution in [0.4, 0.5) is 10.8 Å². The van der Waals surface area contributed by atoms with Crippen LogP contribution in [-0.2, 0) is 0 Å². The highest BCUT2D eigenvalue weighted by Crippen LogP contribution is 2.29. The Morgan fingerprint density at radius 1 is 1.32 bits per heavy atom. The van der Waals surface area contributed by atoms with E-state index in [4.69, 9.17) is 4.74 Å². The van der Waals surface area contributed by atoms with Crippen LogP contribution in [0.5, 0.6) is 5.75 Å². The first kappa shape index (κ1) is 13.8. The van der Waals surface area contributed by atoms with Gasteiger partial charge in [-0.3, -0.25) is 0 Å². The van der Waals surface area contributed by atoms with Crippen molar-refractivity contribution in [1.82, 2.24) is 10.2 Å². The first-order chi connectivity index (χ1) is 9.10. The lowest BCUT2D eigenvalue weighted by molar-refractivity contribution is 0.126. The van der Waals surface area contributed by atoms with Crippen molar-refractivity contribution in [1.29, 1.82) is 0 Å². The molecule has 0 aliphatic heterocycles. The molecule has 0 bridgehead atoms. The number of aliphatic hydroxyl groups excluding tert-OH is 1. The van der Waals surface area contributed by atoms with E-state index in [9.17, 15) is 5.11 Å². The van der Waals surface area contributed by atoms with E-state index >= 15 is 0 Å². The predicted octanol–water partition coefficient (Wildman–Crippen LogP) is 2.98. The van der Waals surface area contributed by atoms with Crippen molar-refractivity contribution in [3.8, 4) is 5.75 Å². The number of methoxy groups -OCH3 is 1. The minimum absolute atomic E-state index is 0.123. The van der Waals surface area contributed by atoms with Gasteiger partial charge in [-0.1, -0.05) is 31.3 Å². The molecule has 1 unspecified atom stereocenters. The van der Waals surface area contributed by atoms with Gasteiger partial charge in [-0.25, -0.2) is 0 Å². The Morgan fingerprint density at radius 2 is 2.11 bits per heavy atom. The Labute approximate surface area is 116 Å². The molecule has 0 aliphatic rings. The number of benzene rings is 1. The number of rotatable bonds is 5. The van der Waals surface area contributed by atoms with Gasteiger partial charge in [-0.15, -0.1) is 10.2 Å². The summed E-state index contributed by atoms with van der Waals surface area (Å²) in [6.07, 6.45) is -0.571. The maximum absolute atomic E-state index is 9.92. The van der Waals surface area contributed by atoms with Gasteiger partial charge in [-0.05, 0) is 18.1 Å². The van der Waals surface area contributed by atoms with Crippen LogP contribution in [0, 0.1) is 5.92 Å². The standard InChI is InChI=1S/C13H17N3O2S/c1-8(2)11(17)12-15-16-13(19-12)14-9-5-4-6-10(7-9)18-3/h4-8,11,17H,1-3H3,(H,14,16). The summed E-state index contributed by atoms with van der Waals surface area (Å²) in [6.45, 7) is 3.89. The van der Waals surface area contributed by atoms with E-state index in [1.165, 1.54) is 11.3 Å². The van der Waals surface area contributed by atoms with Crippen LogP contribution in [0.3, 0.4) is 0 Å². The van der Waals surface area contributed by atoms with Gasteiger partial charge in [0.1, 0.15) is 16.9 Å². The largest absolute Gasteiger partial charge is 0.497 e. The van der Waals surface area contributed by atoms with Gasteiger partial charge >= 0.3 is 0 Å². The number of anilines is 2. The first-order valence-corrected chi connectivity index (χ1v) is 6.84. The summed E-state index contributed by atoms with van der Waals surface area (Å²) in [5, 5.41) is 22.4. The molecule has 102 valence electrons. The highest BCUT2D eigenvalue weighted by molar-refractivity contribution is 7.15. The van der Waals surface area contributed by atoms with E-state index in [0.717, 1.165) is 11.4 Å². The quantitative estimate of drug-likeness (QED) is 0.880. The Kier molecular flexibility index (Phi) is 4.34. The van der Waals surface area contributed by atoms with Crippen LogP contribution in [0.2, 0.25) is 0 Å². The highest BCUT2D eigenvalue weighted by atomic mass is 32.1. The third-order valence-corrected chi connectivity index (χ3v) is 3.56. The molecule has 0 amide bonds. The van der Waals surface area contributed by atoms with Gasteiger partial charge in [-0.2, -0.15) is 0 Å². The molecule has 0 fully saturated rings. The summed E-state index contributed by atoms with van der Waals surface area (Å²) in [5.74, 6) is 0.898. The molecule has 19 heavy (non-hydrogen) atoms. The van der Waals surface area contributed by atoms with Gasteiger partial charge in [0.2, 0.25) is 5.13 Å². The van der Waals surface area contributed by atoms with Crippen molar-refractivity contribution in [2.24, 2.45) is 5.92 Å². The molecule has 0 aliphatic carbocycles. The van der Waals surface area contributed by atoms with Crippen molar-refractivity contribution >= 4 is 22.2 Å². The zero-order valence-electron chi connectivity index (χ0n) is 11.1. The monoisotopic (exact) mass is 279 g/mol. The molecule has 0 saturated heterocycles. The molecular weight excluding hydrogens is 262 g/mol. The van der Waals surface area contributed by atoms with E-state index in [1.807, 2.05) is 38.1 Å². The molecule has 0 spiro atoms. The summed E-state index contributed by atoms with van der Waals surface area (Å²) in [6, 6.07) is 7.56. The number of hydrogen-bond acceptors (Lipinski definition) is 6. The molecule has 2 N–H and O–H groups in total. The van der Waals surface area contributed by atoms with E-state index in [1.54, 1.807) is 7.11 Å². The van der Waals surface area contributed by atoms with Gasteiger partial charge in [0.15, 0.2) is 0 Å². The predicted molar refractivity (Wildman–Crippen MR) is 76.0 cm³/mol. The minimum atomic E-state index is -0.571. The molecule has 1 heterocycles. The molecule has 1 aromatic heterocycles. The number of ether oxygens (including phenoxy) is 1. The third kappa shape index (κ3) is 3.42. The Balaban J connectivity index is 2.11. The average molecular weight is 279 g/mol. The summed E-state index contributed by atoms with van der Waals surface area (Å²) in [4.78, 5) is 0. The fourth-order valence-corrected chi connectivity index (χ4v) is 2.44. The van der Waals surface area contributed by atoms with Crippen LogP contribution in [0.25, 0.3) is 0 Å². The third-order valence-electron chi connectivity index (χ3n) is 2.65. The minimum Gasteiger partial charge on any atom is -0.497 e. The van der Waals surface area contributed by atoms with Crippen molar-refractivity contribution in [2.45, 2.75) is 20.0 Å². The second-order valence-corrected chi connectivity index (χ2v) is 5.50. The smallest absolute Gasteiger partial charge is 0.210 e. The number of aliphatic hydroxyl groups is 1. The molecule has 2 aromatic rings. The summed E-state index contributed by atoms with van der Waals surface area (Å²) in [5.41, 5.74) is 0.876. The SMILES string of the molecule is COc1cccc(Nc2nnc(C(O)C(C)C)s2)c1. The summed E-state index contributed by atoms with van der Waals surface area (Å²) in [7, 11) is 1.63. The number of hydrogen-bond donors (Lipinski definition) is 2. The fraction of sp³-hybridized carbons (Fsp3) is 0.385. The Hall–Kier alpha value is -1.66. The highest BCUT2D eigenvalue weighted by Gasteiger charge is 2.17. The lowest BCUT2D eigenvalue weighted by Crippen LogP contribution is -2.04. The average Bonchev–Trinajstić information content (AvgIpc) is 2.86. The van der Waals surface area contributed by atoms with Crippen LogP contribution in [-0.4, -0.2) is 22.4 Å². The lowest BCUT2D eigenvalue weighted by Gasteiger charge is -2.09. The molecule has 1 atom stereocenters. The second-order valence-electron chi connectivity index (χ2n) is 4.49. The fourth-order valence-electron chi connectivity index (χ4n) is 1.51. The lowest BCUT2D eigenvalue weighted by atomic mass is 10.1. The number of aromatic nitrogens is 2. The molecular formula is C13H17N3O2S. The normalized spacial score (nSPS) is 12.5. The van der Waals surface area contributed by atoms with Gasteiger partial charge in [0.05, 0.1) is 7.11 Å². The van der Waals surface area contributed by atoms with Crippen molar-refractivity contribution in [3.05, 3.63) is 29.3 Å². The Bertz CT molecular complexity index is 542. The van der Waals surface area contributed by atoms with Crippen molar-refractivity contribution in [2.75, 3.05) is 12.4 Å². The molecule has 1 aromatic carbocycles. The molecule has 6 heteroatoms. The zero-order chi connectivity index (χ0) is 13.8. The molecule has 2 rings (SSSR count). The Morgan fingerprint density at radius 3 is 2.79 bits per heavy atom. The van der Waals surface area contributed by atoms with Crippen LogP contribution >= 0.6 is 11.3 Å².